The van der Waals surface area contributed by atoms with Crippen molar-refractivity contribution in [3.63, 3.8) is 0 Å². The molecule has 0 spiro atoms. The van der Waals surface area contributed by atoms with E-state index in [0.717, 1.165) is 24.0 Å². The van der Waals surface area contributed by atoms with Gasteiger partial charge in [-0.1, -0.05) is 67.6 Å². The Balaban J connectivity index is 0.00000484. The molecule has 0 radical (unpaired) electrons. The molecule has 2 aromatic rings. The van der Waals surface area contributed by atoms with Gasteiger partial charge in [-0.25, -0.2) is 0 Å². The summed E-state index contributed by atoms with van der Waals surface area (Å²) in [6, 6.07) is 17.1. The van der Waals surface area contributed by atoms with Gasteiger partial charge in [0.05, 0.1) is 12.1 Å². The van der Waals surface area contributed by atoms with Gasteiger partial charge in [-0.05, 0) is 62.4 Å². The molecular weight excluding hydrogens is 572 g/mol. The highest BCUT2D eigenvalue weighted by Crippen LogP contribution is 2.34. The Morgan fingerprint density at radius 3 is 2.12 bits per heavy atom. The van der Waals surface area contributed by atoms with E-state index < -0.39 is 18.1 Å². The molecule has 2 aliphatic rings. The lowest BCUT2D eigenvalue weighted by molar-refractivity contribution is -0.143. The number of nitrogens with two attached hydrogens (primary N) is 1. The van der Waals surface area contributed by atoms with E-state index in [0.29, 0.717) is 37.5 Å². The minimum Gasteiger partial charge on any atom is -0.363 e. The summed E-state index contributed by atoms with van der Waals surface area (Å²) in [5.74, 6) is -1.00. The molecule has 2 aliphatic heterocycles. The maximum atomic E-state index is 14.2. The zero-order valence-corrected chi connectivity index (χ0v) is 25.9. The number of fused-ring (bicyclic) bond motifs is 1. The molecule has 2 fully saturated rings. The summed E-state index contributed by atoms with van der Waals surface area (Å²) in [6.45, 7) is 4.89. The van der Waals surface area contributed by atoms with E-state index in [9.17, 15) is 14.4 Å². The third-order valence-electron chi connectivity index (χ3n) is 8.16. The first-order valence-electron chi connectivity index (χ1n) is 14.6. The van der Waals surface area contributed by atoms with Crippen molar-refractivity contribution in [1.82, 2.24) is 26.2 Å². The van der Waals surface area contributed by atoms with E-state index in [1.807, 2.05) is 74.5 Å². The third-order valence-corrected chi connectivity index (χ3v) is 8.45. The Bertz CT molecular complexity index is 1160. The number of amides is 3. The van der Waals surface area contributed by atoms with Gasteiger partial charge in [0.25, 0.3) is 0 Å². The monoisotopic (exact) mass is 614 g/mol. The molecule has 0 aliphatic carbocycles. The van der Waals surface area contributed by atoms with Crippen LogP contribution in [0.25, 0.3) is 0 Å². The summed E-state index contributed by atoms with van der Waals surface area (Å²) in [6.07, 6.45) is 3.20. The number of thiocarbonyl (C=S) groups is 1. The molecule has 9 nitrogen and oxygen atoms in total. The molecule has 3 amide bonds. The molecule has 11 heteroatoms. The molecule has 0 aromatic heterocycles. The summed E-state index contributed by atoms with van der Waals surface area (Å²) in [7, 11) is 0. The Kier molecular flexibility index (Phi) is 12.6. The highest BCUT2D eigenvalue weighted by atomic mass is 35.5. The summed E-state index contributed by atoms with van der Waals surface area (Å²) >= 11 is 5.35. The summed E-state index contributed by atoms with van der Waals surface area (Å²) in [5, 5.41) is 12.9. The maximum absolute atomic E-state index is 14.2. The van der Waals surface area contributed by atoms with Crippen molar-refractivity contribution in [2.75, 3.05) is 13.1 Å². The van der Waals surface area contributed by atoms with Gasteiger partial charge in [-0.15, -0.1) is 12.4 Å². The lowest BCUT2D eigenvalue weighted by atomic mass is 9.92. The minimum absolute atomic E-state index is 0. The zero-order valence-electron chi connectivity index (χ0n) is 24.3. The van der Waals surface area contributed by atoms with E-state index in [1.165, 1.54) is 0 Å². The summed E-state index contributed by atoms with van der Waals surface area (Å²) in [4.78, 5) is 42.8. The first-order valence-corrected chi connectivity index (χ1v) is 15.0. The zero-order chi connectivity index (χ0) is 29.4. The average molecular weight is 615 g/mol. The minimum atomic E-state index is -0.811. The average Bonchev–Trinajstić information content (AvgIpc) is 3.38. The van der Waals surface area contributed by atoms with Gasteiger partial charge in [0.1, 0.15) is 12.1 Å². The van der Waals surface area contributed by atoms with Gasteiger partial charge in [0.2, 0.25) is 17.7 Å². The van der Waals surface area contributed by atoms with Crippen LogP contribution in [0, 0.1) is 5.92 Å². The number of carbonyl (C=O) groups excluding carboxylic acids is 3. The normalized spacial score (nSPS) is 22.3. The predicted molar refractivity (Wildman–Crippen MR) is 171 cm³/mol. The Morgan fingerprint density at radius 2 is 1.55 bits per heavy atom. The van der Waals surface area contributed by atoms with Crippen molar-refractivity contribution < 1.29 is 14.4 Å². The number of halogens is 1. The molecular formula is C31H43ClN6O3S. The molecule has 5 atom stereocenters. The van der Waals surface area contributed by atoms with Crippen LogP contribution in [0.15, 0.2) is 60.7 Å². The van der Waals surface area contributed by atoms with E-state index in [2.05, 4.69) is 21.3 Å². The van der Waals surface area contributed by atoms with Crippen molar-refractivity contribution in [2.24, 2.45) is 11.7 Å². The van der Waals surface area contributed by atoms with Crippen molar-refractivity contribution in [3.05, 3.63) is 71.8 Å². The third kappa shape index (κ3) is 7.99. The van der Waals surface area contributed by atoms with Crippen LogP contribution < -0.4 is 27.0 Å². The van der Waals surface area contributed by atoms with E-state index in [-0.39, 0.29) is 48.1 Å². The first-order chi connectivity index (χ1) is 19.8. The van der Waals surface area contributed by atoms with Crippen LogP contribution in [0.4, 0.5) is 0 Å². The van der Waals surface area contributed by atoms with Gasteiger partial charge in [0, 0.05) is 25.0 Å². The number of nitrogens with one attached hydrogen (secondary N) is 4. The number of nitrogens with zero attached hydrogens (tertiary/aromatic N) is 1. The standard InChI is InChI=1S/C31H42N6O3S.ClH/c1-3-24(32)28(38)36-27-22(19-34-31(41)33-4-2)15-16-23-17-18-25(37(23)30(27)40)29(39)35-26(20-11-7-5-8-12-20)21-13-9-6-10-14-21;/h5-14,22-27H,3-4,15-19,32H2,1-2H3,(H,35,39)(H,36,38)(H2,33,34,41);1H/t22-,23+,24+,25+,27+;/m1./s1. The summed E-state index contributed by atoms with van der Waals surface area (Å²) < 4.78 is 0. The van der Waals surface area contributed by atoms with E-state index in [4.69, 9.17) is 18.0 Å². The topological polar surface area (TPSA) is 129 Å². The lowest BCUT2D eigenvalue weighted by Crippen LogP contribution is -2.59. The number of rotatable bonds is 10. The molecule has 0 saturated carbocycles. The SMILES string of the molecule is CCNC(=S)NC[C@H]1CC[C@H]2CC[C@@H](C(=O)NC(c3ccccc3)c3ccccc3)N2C(=O)[C@H]1NC(=O)[C@@H](N)CC.Cl. The van der Waals surface area contributed by atoms with Crippen molar-refractivity contribution in [3.8, 4) is 0 Å². The van der Waals surface area contributed by atoms with Gasteiger partial charge < -0.3 is 31.9 Å². The molecule has 2 heterocycles. The van der Waals surface area contributed by atoms with Crippen LogP contribution in [-0.4, -0.2) is 65.0 Å². The van der Waals surface area contributed by atoms with Gasteiger partial charge in [-0.2, -0.15) is 0 Å². The second kappa shape index (κ2) is 15.9. The highest BCUT2D eigenvalue weighted by molar-refractivity contribution is 7.80. The molecule has 2 aromatic carbocycles. The van der Waals surface area contributed by atoms with E-state index >= 15 is 0 Å². The van der Waals surface area contributed by atoms with Crippen LogP contribution in [0.3, 0.4) is 0 Å². The molecule has 0 unspecified atom stereocenters. The Hall–Kier alpha value is -3.21. The van der Waals surface area contributed by atoms with Crippen molar-refractivity contribution in [2.45, 2.75) is 76.2 Å². The molecule has 6 N–H and O–H groups in total. The van der Waals surface area contributed by atoms with Gasteiger partial charge in [0.15, 0.2) is 5.11 Å². The first kappa shape index (κ1) is 33.3. The number of carbonyl (C=O) groups is 3. The van der Waals surface area contributed by atoms with Crippen LogP contribution in [0.2, 0.25) is 0 Å². The van der Waals surface area contributed by atoms with Crippen LogP contribution in [0.5, 0.6) is 0 Å². The second-order valence-corrected chi connectivity index (χ2v) is 11.2. The van der Waals surface area contributed by atoms with Crippen LogP contribution >= 0.6 is 24.6 Å². The Labute approximate surface area is 260 Å². The summed E-state index contributed by atoms with van der Waals surface area (Å²) in [5.41, 5.74) is 7.95. The molecule has 0 bridgehead atoms. The van der Waals surface area contributed by atoms with Crippen LogP contribution in [-0.2, 0) is 14.4 Å². The van der Waals surface area contributed by atoms with Gasteiger partial charge in [-0.3, -0.25) is 14.4 Å². The molecule has 2 saturated heterocycles. The highest BCUT2D eigenvalue weighted by Gasteiger charge is 2.48. The second-order valence-electron chi connectivity index (χ2n) is 10.8. The number of hydrogen-bond acceptors (Lipinski definition) is 5. The number of hydrogen-bond donors (Lipinski definition) is 5. The van der Waals surface area contributed by atoms with Crippen molar-refractivity contribution >= 4 is 47.5 Å². The fraction of sp³-hybridized carbons (Fsp3) is 0.484. The fourth-order valence-electron chi connectivity index (χ4n) is 5.87. The number of benzene rings is 2. The van der Waals surface area contributed by atoms with Crippen molar-refractivity contribution in [1.29, 1.82) is 0 Å². The maximum Gasteiger partial charge on any atom is 0.246 e. The molecule has 228 valence electrons. The largest absolute Gasteiger partial charge is 0.363 e. The van der Waals surface area contributed by atoms with Gasteiger partial charge >= 0.3 is 0 Å². The lowest BCUT2D eigenvalue weighted by Gasteiger charge is -2.33. The predicted octanol–water partition coefficient (Wildman–Crippen LogP) is 2.79. The Morgan fingerprint density at radius 1 is 0.952 bits per heavy atom. The van der Waals surface area contributed by atoms with Crippen LogP contribution in [0.1, 0.15) is 63.1 Å². The molecule has 42 heavy (non-hydrogen) atoms. The molecule has 4 rings (SSSR count). The fourth-order valence-corrected chi connectivity index (χ4v) is 6.10. The smallest absolute Gasteiger partial charge is 0.246 e. The quantitative estimate of drug-likeness (QED) is 0.260. The van der Waals surface area contributed by atoms with E-state index in [1.54, 1.807) is 4.90 Å².